The Hall–Kier alpha value is -0.650. The molecule has 0 aromatic rings. The molecule has 1 saturated heterocycles. The van der Waals surface area contributed by atoms with E-state index in [1.807, 2.05) is 0 Å². The highest BCUT2D eigenvalue weighted by atomic mass is 16.5. The smallest absolute Gasteiger partial charge is 0.327 e. The van der Waals surface area contributed by atoms with Crippen LogP contribution in [0.4, 0.5) is 0 Å². The van der Waals surface area contributed by atoms with E-state index in [2.05, 4.69) is 4.90 Å². The highest BCUT2D eigenvalue weighted by Gasteiger charge is 2.50. The molecule has 1 heterocycles. The Morgan fingerprint density at radius 1 is 1.28 bits per heavy atom. The molecule has 0 bridgehead atoms. The quantitative estimate of drug-likeness (QED) is 0.720. The molecule has 1 aliphatic heterocycles. The summed E-state index contributed by atoms with van der Waals surface area (Å²) < 4.78 is 10.2. The Balaban J connectivity index is 1.92. The van der Waals surface area contributed by atoms with Crippen molar-refractivity contribution in [2.45, 2.75) is 37.3 Å². The van der Waals surface area contributed by atoms with Gasteiger partial charge in [0.05, 0.1) is 13.2 Å². The number of likely N-dealkylation sites (tertiary alicyclic amines) is 1. The van der Waals surface area contributed by atoms with Gasteiger partial charge >= 0.3 is 5.97 Å². The summed E-state index contributed by atoms with van der Waals surface area (Å²) in [6.45, 7) is 2.50. The van der Waals surface area contributed by atoms with E-state index < -0.39 is 5.54 Å². The first-order chi connectivity index (χ1) is 8.60. The number of esters is 1. The molecule has 0 radical (unpaired) electrons. The maximum atomic E-state index is 11.9. The van der Waals surface area contributed by atoms with Crippen molar-refractivity contribution in [1.29, 1.82) is 0 Å². The molecule has 2 rings (SSSR count). The lowest BCUT2D eigenvalue weighted by molar-refractivity contribution is -0.149. The Bertz CT molecular complexity index is 299. The van der Waals surface area contributed by atoms with Crippen LogP contribution in [0.3, 0.4) is 0 Å². The predicted molar refractivity (Wildman–Crippen MR) is 68.1 cm³/mol. The molecule has 0 aromatic carbocycles. The summed E-state index contributed by atoms with van der Waals surface area (Å²) in [5.74, 6) is 0.0314. The van der Waals surface area contributed by atoms with Crippen LogP contribution in [0.5, 0.6) is 0 Å². The molecular weight excluding hydrogens is 232 g/mol. The van der Waals surface area contributed by atoms with E-state index in [0.717, 1.165) is 38.8 Å². The summed E-state index contributed by atoms with van der Waals surface area (Å²) in [6.07, 6.45) is 4.46. The average molecular weight is 256 g/mol. The van der Waals surface area contributed by atoms with Crippen molar-refractivity contribution in [2.75, 3.05) is 33.9 Å². The van der Waals surface area contributed by atoms with Gasteiger partial charge in [0.1, 0.15) is 5.54 Å². The lowest BCUT2D eigenvalue weighted by Gasteiger charge is -2.37. The van der Waals surface area contributed by atoms with Crippen LogP contribution in [-0.2, 0) is 14.3 Å². The molecule has 2 fully saturated rings. The lowest BCUT2D eigenvalue weighted by Crippen LogP contribution is -2.59. The third kappa shape index (κ3) is 2.84. The van der Waals surface area contributed by atoms with Gasteiger partial charge < -0.3 is 20.1 Å². The number of rotatable bonds is 5. The van der Waals surface area contributed by atoms with Crippen molar-refractivity contribution in [2.24, 2.45) is 11.7 Å². The Kier molecular flexibility index (Phi) is 4.25. The number of methoxy groups -OCH3 is 2. The van der Waals surface area contributed by atoms with Gasteiger partial charge in [0.15, 0.2) is 0 Å². The molecule has 0 aromatic heterocycles. The summed E-state index contributed by atoms with van der Waals surface area (Å²) in [5.41, 5.74) is 5.50. The fourth-order valence-electron chi connectivity index (χ4n) is 2.82. The number of piperidine rings is 1. The van der Waals surface area contributed by atoms with Gasteiger partial charge in [0.2, 0.25) is 0 Å². The Morgan fingerprint density at radius 2 is 1.89 bits per heavy atom. The van der Waals surface area contributed by atoms with Crippen LogP contribution >= 0.6 is 0 Å². The van der Waals surface area contributed by atoms with Crippen molar-refractivity contribution in [3.63, 3.8) is 0 Å². The van der Waals surface area contributed by atoms with Crippen molar-refractivity contribution in [3.05, 3.63) is 0 Å². The van der Waals surface area contributed by atoms with Gasteiger partial charge in [0.25, 0.3) is 0 Å². The normalized spacial score (nSPS) is 25.7. The largest absolute Gasteiger partial charge is 0.468 e. The highest BCUT2D eigenvalue weighted by molar-refractivity contribution is 5.81. The number of hydrogen-bond acceptors (Lipinski definition) is 5. The molecule has 5 nitrogen and oxygen atoms in total. The second-order valence-corrected chi connectivity index (χ2v) is 5.52. The van der Waals surface area contributed by atoms with Crippen molar-refractivity contribution < 1.29 is 14.3 Å². The van der Waals surface area contributed by atoms with E-state index in [9.17, 15) is 4.79 Å². The number of ether oxygens (including phenoxy) is 2. The van der Waals surface area contributed by atoms with Crippen LogP contribution < -0.4 is 5.73 Å². The molecule has 1 aliphatic carbocycles. The molecule has 0 spiro atoms. The zero-order chi connectivity index (χ0) is 13.2. The molecule has 1 unspecified atom stereocenters. The minimum absolute atomic E-state index is 0.265. The van der Waals surface area contributed by atoms with Gasteiger partial charge in [-0.05, 0) is 31.6 Å². The molecule has 0 amide bonds. The number of hydrogen-bond donors (Lipinski definition) is 1. The molecule has 1 atom stereocenters. The Labute approximate surface area is 109 Å². The fourth-order valence-corrected chi connectivity index (χ4v) is 2.82. The van der Waals surface area contributed by atoms with Crippen molar-refractivity contribution in [1.82, 2.24) is 4.90 Å². The Morgan fingerprint density at radius 3 is 2.33 bits per heavy atom. The first-order valence-electron chi connectivity index (χ1n) is 6.72. The maximum absolute atomic E-state index is 11.9. The number of carbonyl (C=O) groups excluding carboxylic acids is 1. The molecule has 1 saturated carbocycles. The summed E-state index contributed by atoms with van der Waals surface area (Å²) >= 11 is 0. The van der Waals surface area contributed by atoms with Crippen LogP contribution in [0, 0.1) is 5.92 Å². The molecule has 5 heteroatoms. The number of nitrogens with two attached hydrogens (primary N) is 1. The maximum Gasteiger partial charge on any atom is 0.327 e. The van der Waals surface area contributed by atoms with Gasteiger partial charge in [-0.1, -0.05) is 0 Å². The van der Waals surface area contributed by atoms with Crippen molar-refractivity contribution >= 4 is 5.97 Å². The minimum Gasteiger partial charge on any atom is -0.468 e. The topological polar surface area (TPSA) is 64.8 Å². The summed E-state index contributed by atoms with van der Waals surface area (Å²) in [5, 5.41) is 0. The molecule has 18 heavy (non-hydrogen) atoms. The van der Waals surface area contributed by atoms with Gasteiger partial charge in [-0.15, -0.1) is 0 Å². The molecule has 2 aliphatic rings. The van der Waals surface area contributed by atoms with E-state index in [1.54, 1.807) is 7.11 Å². The van der Waals surface area contributed by atoms with Gasteiger partial charge in [0, 0.05) is 26.7 Å². The monoisotopic (exact) mass is 256 g/mol. The summed E-state index contributed by atoms with van der Waals surface area (Å²) in [4.78, 5) is 14.2. The van der Waals surface area contributed by atoms with Crippen LogP contribution in [0.2, 0.25) is 0 Å². The highest BCUT2D eigenvalue weighted by Crippen LogP contribution is 2.39. The zero-order valence-electron chi connectivity index (χ0n) is 11.4. The van der Waals surface area contributed by atoms with E-state index in [4.69, 9.17) is 15.2 Å². The van der Waals surface area contributed by atoms with E-state index >= 15 is 0 Å². The first kappa shape index (κ1) is 13.8. The van der Waals surface area contributed by atoms with Gasteiger partial charge in [-0.2, -0.15) is 0 Å². The SMILES string of the molecule is COC(=O)C(N)(CN1CCC(OC)CC1)C1CC1. The van der Waals surface area contributed by atoms with E-state index in [0.29, 0.717) is 18.6 Å². The molecule has 104 valence electrons. The number of nitrogens with zero attached hydrogens (tertiary/aromatic N) is 1. The third-order valence-electron chi connectivity index (χ3n) is 4.22. The van der Waals surface area contributed by atoms with Gasteiger partial charge in [-0.25, -0.2) is 0 Å². The van der Waals surface area contributed by atoms with E-state index in [1.165, 1.54) is 7.11 Å². The predicted octanol–water partition coefficient (Wildman–Crippen LogP) is 0.378. The van der Waals surface area contributed by atoms with Crippen LogP contribution in [-0.4, -0.2) is 56.4 Å². The standard InChI is InChI=1S/C13H24N2O3/c1-17-11-5-7-15(8-6-11)9-13(14,10-3-4-10)12(16)18-2/h10-11H,3-9,14H2,1-2H3. The molecular formula is C13H24N2O3. The molecule has 2 N–H and O–H groups in total. The van der Waals surface area contributed by atoms with Gasteiger partial charge in [-0.3, -0.25) is 4.79 Å². The minimum atomic E-state index is -0.811. The first-order valence-corrected chi connectivity index (χ1v) is 6.72. The van der Waals surface area contributed by atoms with Crippen LogP contribution in [0.1, 0.15) is 25.7 Å². The summed E-state index contributed by atoms with van der Waals surface area (Å²) in [7, 11) is 3.18. The average Bonchev–Trinajstić information content (AvgIpc) is 3.23. The van der Waals surface area contributed by atoms with E-state index in [-0.39, 0.29) is 5.97 Å². The van der Waals surface area contributed by atoms with Crippen LogP contribution in [0.15, 0.2) is 0 Å². The lowest BCUT2D eigenvalue weighted by atomic mass is 9.92. The second kappa shape index (κ2) is 5.55. The second-order valence-electron chi connectivity index (χ2n) is 5.52. The van der Waals surface area contributed by atoms with Crippen molar-refractivity contribution in [3.8, 4) is 0 Å². The zero-order valence-corrected chi connectivity index (χ0v) is 11.4. The summed E-state index contributed by atoms with van der Waals surface area (Å²) in [6, 6.07) is 0. The number of carbonyl (C=O) groups is 1. The third-order valence-corrected chi connectivity index (χ3v) is 4.22. The van der Waals surface area contributed by atoms with Crippen LogP contribution in [0.25, 0.3) is 0 Å². The fraction of sp³-hybridized carbons (Fsp3) is 0.923.